The fourth-order valence-electron chi connectivity index (χ4n) is 5.98. The molecular formula is C29H28BrN5O3. The minimum Gasteiger partial charge on any atom is -0.462 e. The zero-order chi connectivity index (χ0) is 26.4. The Morgan fingerprint density at radius 2 is 1.95 bits per heavy atom. The lowest BCUT2D eigenvalue weighted by Crippen LogP contribution is -2.67. The van der Waals surface area contributed by atoms with Gasteiger partial charge in [-0.2, -0.15) is 10.1 Å². The van der Waals surface area contributed by atoms with Gasteiger partial charge in [-0.1, -0.05) is 22.0 Å². The van der Waals surface area contributed by atoms with Crippen molar-refractivity contribution in [3.8, 4) is 0 Å². The molecule has 2 atom stereocenters. The number of aromatic nitrogens is 1. The first-order chi connectivity index (χ1) is 18.4. The van der Waals surface area contributed by atoms with Crippen LogP contribution in [-0.2, 0) is 16.0 Å². The quantitative estimate of drug-likeness (QED) is 0.422. The number of carbonyl (C=O) groups is 2. The van der Waals surface area contributed by atoms with E-state index >= 15 is 0 Å². The van der Waals surface area contributed by atoms with E-state index in [0.29, 0.717) is 30.8 Å². The molecule has 38 heavy (non-hydrogen) atoms. The van der Waals surface area contributed by atoms with Crippen molar-refractivity contribution < 1.29 is 14.3 Å². The molecule has 1 amide bonds. The molecule has 0 radical (unpaired) electrons. The lowest BCUT2D eigenvalue weighted by atomic mass is 9.67. The minimum atomic E-state index is -0.832. The van der Waals surface area contributed by atoms with Crippen molar-refractivity contribution in [2.75, 3.05) is 41.0 Å². The Bertz CT molecular complexity index is 1430. The van der Waals surface area contributed by atoms with Crippen LogP contribution in [0.1, 0.15) is 29.8 Å². The van der Waals surface area contributed by atoms with Gasteiger partial charge in [0.2, 0.25) is 0 Å². The minimum absolute atomic E-state index is 0.0534. The Balaban J connectivity index is 1.39. The van der Waals surface area contributed by atoms with Crippen LogP contribution < -0.4 is 14.8 Å². The third kappa shape index (κ3) is 3.88. The van der Waals surface area contributed by atoms with Crippen molar-refractivity contribution in [2.45, 2.75) is 26.3 Å². The van der Waals surface area contributed by atoms with Crippen LogP contribution in [0.3, 0.4) is 0 Å². The number of ether oxygens (including phenoxy) is 1. The van der Waals surface area contributed by atoms with E-state index in [9.17, 15) is 9.59 Å². The van der Waals surface area contributed by atoms with Gasteiger partial charge in [0.25, 0.3) is 5.91 Å². The summed E-state index contributed by atoms with van der Waals surface area (Å²) in [6.07, 6.45) is 2.37. The number of pyridine rings is 1. The second-order valence-corrected chi connectivity index (χ2v) is 10.7. The number of nitrogens with zero attached hydrogens (tertiary/aromatic N) is 5. The van der Waals surface area contributed by atoms with E-state index in [1.165, 1.54) is 10.7 Å². The maximum absolute atomic E-state index is 14.5. The number of anilines is 3. The highest BCUT2D eigenvalue weighted by atomic mass is 79.9. The predicted molar refractivity (Wildman–Crippen MR) is 151 cm³/mol. The van der Waals surface area contributed by atoms with Gasteiger partial charge in [-0.3, -0.25) is 4.79 Å². The number of piperazine rings is 1. The van der Waals surface area contributed by atoms with Gasteiger partial charge >= 0.3 is 5.97 Å². The number of rotatable bonds is 4. The number of hydrogen-bond acceptors (Lipinski definition) is 7. The Morgan fingerprint density at radius 3 is 2.68 bits per heavy atom. The molecule has 1 saturated heterocycles. The maximum atomic E-state index is 14.5. The van der Waals surface area contributed by atoms with Gasteiger partial charge in [-0.05, 0) is 80.4 Å². The Morgan fingerprint density at radius 1 is 1.13 bits per heavy atom. The highest BCUT2D eigenvalue weighted by Gasteiger charge is 2.60. The molecule has 9 heteroatoms. The summed E-state index contributed by atoms with van der Waals surface area (Å²) in [5, 5.41) is 6.33. The number of esters is 1. The first kappa shape index (κ1) is 24.6. The molecule has 2 aromatic carbocycles. The summed E-state index contributed by atoms with van der Waals surface area (Å²) in [6.45, 7) is 6.28. The standard InChI is InChI=1S/C29H28BrN5O3/c1-3-38-27(36)20-7-10-23(11-8-20)35-28(37)29(19(2)32-35)17-21-16-22(30)9-12-24(21)34-15-14-33(18-25(29)34)26-6-4-5-13-31-26/h4-13,16,25H,3,14-15,17-18H2,1-2H3/t25-,29-/m0/s1. The van der Waals surface area contributed by atoms with Crippen molar-refractivity contribution in [3.05, 3.63) is 82.5 Å². The van der Waals surface area contributed by atoms with Gasteiger partial charge in [0, 0.05) is 36.0 Å². The smallest absolute Gasteiger partial charge is 0.338 e. The monoisotopic (exact) mass is 573 g/mol. The average Bonchev–Trinajstić information content (AvgIpc) is 3.19. The van der Waals surface area contributed by atoms with Crippen molar-refractivity contribution >= 4 is 50.7 Å². The Kier molecular flexibility index (Phi) is 6.18. The molecule has 1 aromatic heterocycles. The van der Waals surface area contributed by atoms with Crippen molar-refractivity contribution in [2.24, 2.45) is 10.5 Å². The van der Waals surface area contributed by atoms with Crippen LogP contribution >= 0.6 is 15.9 Å². The lowest BCUT2D eigenvalue weighted by molar-refractivity contribution is -0.125. The van der Waals surface area contributed by atoms with Crippen LogP contribution in [0.15, 0.2) is 76.4 Å². The number of halogens is 1. The molecule has 8 nitrogen and oxygen atoms in total. The average molecular weight is 574 g/mol. The van der Waals surface area contributed by atoms with Gasteiger partial charge in [0.1, 0.15) is 11.2 Å². The number of fused-ring (bicyclic) bond motifs is 4. The molecule has 1 spiro atoms. The summed E-state index contributed by atoms with van der Waals surface area (Å²) in [5.41, 5.74) is 3.33. The van der Waals surface area contributed by atoms with Crippen molar-refractivity contribution in [3.63, 3.8) is 0 Å². The molecule has 4 heterocycles. The maximum Gasteiger partial charge on any atom is 0.338 e. The summed E-state index contributed by atoms with van der Waals surface area (Å²) in [4.78, 5) is 35.8. The SMILES string of the molecule is CCOC(=O)c1ccc(N2N=C(C)[C@]3(Cc4cc(Br)ccc4N4CCN(c5ccccn5)C[C@H]43)C2=O)cc1. The van der Waals surface area contributed by atoms with Crippen LogP contribution in [0.25, 0.3) is 0 Å². The summed E-state index contributed by atoms with van der Waals surface area (Å²) < 4.78 is 6.09. The molecule has 6 rings (SSSR count). The topological polar surface area (TPSA) is 78.3 Å². The van der Waals surface area contributed by atoms with E-state index in [1.54, 1.807) is 37.4 Å². The van der Waals surface area contributed by atoms with Gasteiger partial charge in [-0.25, -0.2) is 9.78 Å². The summed E-state index contributed by atoms with van der Waals surface area (Å²) in [5.74, 6) is 0.475. The second kappa shape index (κ2) is 9.54. The highest BCUT2D eigenvalue weighted by Crippen LogP contribution is 2.49. The van der Waals surface area contributed by atoms with Gasteiger partial charge < -0.3 is 14.5 Å². The number of amides is 1. The third-order valence-electron chi connectivity index (χ3n) is 7.84. The molecule has 0 unspecified atom stereocenters. The molecule has 194 valence electrons. The summed E-state index contributed by atoms with van der Waals surface area (Å²) in [6, 6.07) is 19.0. The number of hydrazone groups is 1. The van der Waals surface area contributed by atoms with Crippen molar-refractivity contribution in [1.82, 2.24) is 4.98 Å². The molecule has 3 aromatic rings. The fraction of sp³-hybridized carbons (Fsp3) is 0.310. The Hall–Kier alpha value is -3.72. The molecule has 3 aliphatic rings. The Labute approximate surface area is 230 Å². The third-order valence-corrected chi connectivity index (χ3v) is 8.33. The van der Waals surface area contributed by atoms with E-state index in [1.807, 2.05) is 25.1 Å². The van der Waals surface area contributed by atoms with Crippen LogP contribution in [-0.4, -0.2) is 54.9 Å². The molecule has 0 N–H and O–H groups in total. The largest absolute Gasteiger partial charge is 0.462 e. The summed E-state index contributed by atoms with van der Waals surface area (Å²) in [7, 11) is 0. The number of hydrogen-bond donors (Lipinski definition) is 0. The van der Waals surface area contributed by atoms with E-state index in [0.717, 1.165) is 34.7 Å². The molecule has 0 aliphatic carbocycles. The van der Waals surface area contributed by atoms with Crippen LogP contribution in [0.4, 0.5) is 17.2 Å². The van der Waals surface area contributed by atoms with E-state index in [-0.39, 0.29) is 17.9 Å². The van der Waals surface area contributed by atoms with Gasteiger partial charge in [0.15, 0.2) is 0 Å². The molecule has 0 bridgehead atoms. The first-order valence-corrected chi connectivity index (χ1v) is 13.6. The number of carbonyl (C=O) groups excluding carboxylic acids is 2. The molecule has 1 fully saturated rings. The zero-order valence-corrected chi connectivity index (χ0v) is 22.9. The highest BCUT2D eigenvalue weighted by molar-refractivity contribution is 9.10. The lowest BCUT2D eigenvalue weighted by Gasteiger charge is -2.53. The van der Waals surface area contributed by atoms with Crippen LogP contribution in [0.2, 0.25) is 0 Å². The first-order valence-electron chi connectivity index (χ1n) is 12.8. The van der Waals surface area contributed by atoms with Crippen LogP contribution in [0, 0.1) is 5.41 Å². The zero-order valence-electron chi connectivity index (χ0n) is 21.3. The number of benzene rings is 2. The normalized spacial score (nSPS) is 22.3. The molecular weight excluding hydrogens is 546 g/mol. The van der Waals surface area contributed by atoms with E-state index < -0.39 is 5.41 Å². The fourth-order valence-corrected chi connectivity index (χ4v) is 6.39. The second-order valence-electron chi connectivity index (χ2n) is 9.83. The van der Waals surface area contributed by atoms with Gasteiger partial charge in [-0.15, -0.1) is 0 Å². The predicted octanol–water partition coefficient (Wildman–Crippen LogP) is 4.68. The van der Waals surface area contributed by atoms with Crippen LogP contribution in [0.5, 0.6) is 0 Å². The van der Waals surface area contributed by atoms with Crippen molar-refractivity contribution in [1.29, 1.82) is 0 Å². The van der Waals surface area contributed by atoms with Gasteiger partial charge in [0.05, 0.1) is 29.6 Å². The summed E-state index contributed by atoms with van der Waals surface area (Å²) >= 11 is 3.63. The molecule has 0 saturated carbocycles. The molecule has 3 aliphatic heterocycles. The van der Waals surface area contributed by atoms with E-state index in [2.05, 4.69) is 48.9 Å². The van der Waals surface area contributed by atoms with E-state index in [4.69, 9.17) is 9.84 Å².